The Balaban J connectivity index is 3.01. The van der Waals surface area contributed by atoms with Crippen molar-refractivity contribution in [3.63, 3.8) is 0 Å². The number of oxime groups is 1. The first-order valence-corrected chi connectivity index (χ1v) is 5.63. The molecule has 0 radical (unpaired) electrons. The predicted octanol–water partition coefficient (Wildman–Crippen LogP) is 1.73. The smallest absolute Gasteiger partial charge is 0.240 e. The van der Waals surface area contributed by atoms with Gasteiger partial charge in [0.15, 0.2) is 5.84 Å². The van der Waals surface area contributed by atoms with Gasteiger partial charge >= 0.3 is 0 Å². The lowest BCUT2D eigenvalue weighted by Gasteiger charge is -2.28. The molecule has 1 aromatic carbocycles. The number of rotatable bonds is 3. The minimum absolute atomic E-state index is 0.105. The van der Waals surface area contributed by atoms with Gasteiger partial charge in [-0.15, -0.1) is 0 Å². The predicted molar refractivity (Wildman–Crippen MR) is 71.8 cm³/mol. The van der Waals surface area contributed by atoms with Gasteiger partial charge < -0.3 is 15.8 Å². The molecule has 18 heavy (non-hydrogen) atoms. The molecule has 0 aliphatic heterocycles. The Labute approximate surface area is 107 Å². The van der Waals surface area contributed by atoms with Gasteiger partial charge in [0.1, 0.15) is 5.41 Å². The van der Waals surface area contributed by atoms with E-state index in [4.69, 9.17) is 10.9 Å². The molecule has 1 rings (SSSR count). The van der Waals surface area contributed by atoms with E-state index >= 15 is 0 Å². The molecule has 0 fully saturated rings. The zero-order valence-electron chi connectivity index (χ0n) is 11.1. The lowest BCUT2D eigenvalue weighted by atomic mass is 9.90. The second kappa shape index (κ2) is 5.08. The summed E-state index contributed by atoms with van der Waals surface area (Å²) in [6, 6.07) is 7.57. The number of nitrogens with two attached hydrogens (primary N) is 1. The van der Waals surface area contributed by atoms with Crippen LogP contribution in [0.2, 0.25) is 0 Å². The van der Waals surface area contributed by atoms with E-state index in [2.05, 4.69) is 5.16 Å². The highest BCUT2D eigenvalue weighted by Crippen LogP contribution is 2.23. The molecular formula is C13H19N3O2. The zero-order chi connectivity index (χ0) is 13.9. The number of hydrogen-bond donors (Lipinski definition) is 2. The molecule has 1 aromatic rings. The third kappa shape index (κ3) is 2.61. The normalized spacial score (nSPS) is 12.3. The third-order valence-corrected chi connectivity index (χ3v) is 3.01. The average molecular weight is 249 g/mol. The number of benzene rings is 1. The van der Waals surface area contributed by atoms with Crippen LogP contribution in [0, 0.1) is 12.3 Å². The van der Waals surface area contributed by atoms with Gasteiger partial charge in [0.05, 0.1) is 0 Å². The van der Waals surface area contributed by atoms with E-state index in [9.17, 15) is 4.79 Å². The van der Waals surface area contributed by atoms with E-state index in [1.54, 1.807) is 20.9 Å². The first-order chi connectivity index (χ1) is 8.30. The van der Waals surface area contributed by atoms with Gasteiger partial charge in [0.25, 0.3) is 0 Å². The van der Waals surface area contributed by atoms with Crippen LogP contribution in [0.1, 0.15) is 19.4 Å². The minimum Gasteiger partial charge on any atom is -0.409 e. The van der Waals surface area contributed by atoms with Gasteiger partial charge in [-0.25, -0.2) is 0 Å². The molecule has 0 aliphatic rings. The molecule has 0 saturated heterocycles. The summed E-state index contributed by atoms with van der Waals surface area (Å²) in [6.07, 6.45) is 0. The Morgan fingerprint density at radius 1 is 1.33 bits per heavy atom. The first kappa shape index (κ1) is 14.0. The summed E-state index contributed by atoms with van der Waals surface area (Å²) in [5, 5.41) is 11.6. The zero-order valence-corrected chi connectivity index (χ0v) is 11.1. The molecule has 0 aromatic heterocycles. The molecule has 0 bridgehead atoms. The topological polar surface area (TPSA) is 78.9 Å². The second-order valence-corrected chi connectivity index (χ2v) is 4.81. The van der Waals surface area contributed by atoms with Crippen LogP contribution >= 0.6 is 0 Å². The number of hydrogen-bond acceptors (Lipinski definition) is 3. The van der Waals surface area contributed by atoms with E-state index in [0.29, 0.717) is 0 Å². The van der Waals surface area contributed by atoms with Crippen LogP contribution in [-0.2, 0) is 4.79 Å². The van der Waals surface area contributed by atoms with E-state index in [0.717, 1.165) is 11.3 Å². The monoisotopic (exact) mass is 249 g/mol. The molecule has 98 valence electrons. The fraction of sp³-hybridized carbons (Fsp3) is 0.385. The van der Waals surface area contributed by atoms with Crippen molar-refractivity contribution < 1.29 is 10.0 Å². The SMILES string of the molecule is Cc1ccc(N(C)C(=O)C(C)(C)C(N)=NO)cc1. The van der Waals surface area contributed by atoms with Crippen LogP contribution < -0.4 is 10.6 Å². The van der Waals surface area contributed by atoms with Crippen molar-refractivity contribution in [2.24, 2.45) is 16.3 Å². The van der Waals surface area contributed by atoms with Crippen LogP contribution in [0.5, 0.6) is 0 Å². The maximum absolute atomic E-state index is 12.3. The molecule has 5 nitrogen and oxygen atoms in total. The summed E-state index contributed by atoms with van der Waals surface area (Å²) < 4.78 is 0. The summed E-state index contributed by atoms with van der Waals surface area (Å²) in [7, 11) is 1.67. The number of anilines is 1. The van der Waals surface area contributed by atoms with Crippen LogP contribution in [-0.4, -0.2) is 24.0 Å². The highest BCUT2D eigenvalue weighted by atomic mass is 16.4. The standard InChI is InChI=1S/C13H19N3O2/c1-9-5-7-10(8-6-9)16(4)12(17)13(2,3)11(14)15-18/h5-8,18H,1-4H3,(H2,14,15). The average Bonchev–Trinajstić information content (AvgIpc) is 2.36. The van der Waals surface area contributed by atoms with Gasteiger partial charge in [0, 0.05) is 12.7 Å². The van der Waals surface area contributed by atoms with E-state index in [-0.39, 0.29) is 11.7 Å². The lowest BCUT2D eigenvalue weighted by Crippen LogP contribution is -2.46. The molecule has 0 aliphatic carbocycles. The maximum Gasteiger partial charge on any atom is 0.240 e. The molecule has 0 unspecified atom stereocenters. The van der Waals surface area contributed by atoms with Gasteiger partial charge in [-0.2, -0.15) is 0 Å². The largest absolute Gasteiger partial charge is 0.409 e. The van der Waals surface area contributed by atoms with Gasteiger partial charge in [-0.3, -0.25) is 4.79 Å². The number of amides is 1. The van der Waals surface area contributed by atoms with Crippen molar-refractivity contribution in [3.8, 4) is 0 Å². The van der Waals surface area contributed by atoms with Crippen LogP contribution in [0.3, 0.4) is 0 Å². The Bertz CT molecular complexity index is 464. The molecular weight excluding hydrogens is 230 g/mol. The van der Waals surface area contributed by atoms with Crippen molar-refractivity contribution in [1.29, 1.82) is 0 Å². The lowest BCUT2D eigenvalue weighted by molar-refractivity contribution is -0.123. The highest BCUT2D eigenvalue weighted by Gasteiger charge is 2.35. The summed E-state index contributed by atoms with van der Waals surface area (Å²) >= 11 is 0. The van der Waals surface area contributed by atoms with Crippen molar-refractivity contribution in [2.75, 3.05) is 11.9 Å². The van der Waals surface area contributed by atoms with Crippen LogP contribution in [0.25, 0.3) is 0 Å². The van der Waals surface area contributed by atoms with E-state index < -0.39 is 5.41 Å². The van der Waals surface area contributed by atoms with Crippen LogP contribution in [0.15, 0.2) is 29.4 Å². The van der Waals surface area contributed by atoms with Crippen molar-refractivity contribution in [2.45, 2.75) is 20.8 Å². The first-order valence-electron chi connectivity index (χ1n) is 5.63. The second-order valence-electron chi connectivity index (χ2n) is 4.81. The molecule has 0 atom stereocenters. The molecule has 0 heterocycles. The summed E-state index contributed by atoms with van der Waals surface area (Å²) in [5.41, 5.74) is 6.39. The Morgan fingerprint density at radius 2 is 1.83 bits per heavy atom. The summed E-state index contributed by atoms with van der Waals surface area (Å²) in [5.74, 6) is -0.340. The van der Waals surface area contributed by atoms with E-state index in [1.165, 1.54) is 4.90 Å². The molecule has 1 amide bonds. The van der Waals surface area contributed by atoms with Crippen LogP contribution in [0.4, 0.5) is 5.69 Å². The van der Waals surface area contributed by atoms with Gasteiger partial charge in [0.2, 0.25) is 5.91 Å². The Morgan fingerprint density at radius 3 is 2.28 bits per heavy atom. The molecule has 5 heteroatoms. The number of aryl methyl sites for hydroxylation is 1. The fourth-order valence-electron chi connectivity index (χ4n) is 1.54. The fourth-order valence-corrected chi connectivity index (χ4v) is 1.54. The number of carbonyl (C=O) groups is 1. The number of carbonyl (C=O) groups excluding carboxylic acids is 1. The molecule has 0 spiro atoms. The van der Waals surface area contributed by atoms with Crippen molar-refractivity contribution in [1.82, 2.24) is 0 Å². The van der Waals surface area contributed by atoms with Crippen molar-refractivity contribution in [3.05, 3.63) is 29.8 Å². The number of nitrogens with zero attached hydrogens (tertiary/aromatic N) is 2. The van der Waals surface area contributed by atoms with E-state index in [1.807, 2.05) is 31.2 Å². The Kier molecular flexibility index (Phi) is 3.96. The quantitative estimate of drug-likeness (QED) is 0.370. The number of amidine groups is 1. The molecule has 0 saturated carbocycles. The highest BCUT2D eigenvalue weighted by molar-refractivity contribution is 6.11. The third-order valence-electron chi connectivity index (χ3n) is 3.01. The Hall–Kier alpha value is -2.04. The molecule has 3 N–H and O–H groups in total. The van der Waals surface area contributed by atoms with Gasteiger partial charge in [-0.1, -0.05) is 22.9 Å². The summed E-state index contributed by atoms with van der Waals surface area (Å²) in [4.78, 5) is 13.8. The summed E-state index contributed by atoms with van der Waals surface area (Å²) in [6.45, 7) is 5.22. The van der Waals surface area contributed by atoms with Crippen molar-refractivity contribution >= 4 is 17.4 Å². The minimum atomic E-state index is -1.05. The maximum atomic E-state index is 12.3. The van der Waals surface area contributed by atoms with Gasteiger partial charge in [-0.05, 0) is 32.9 Å².